The molecule has 6 heteroatoms. The second kappa shape index (κ2) is 10.8. The lowest BCUT2D eigenvalue weighted by molar-refractivity contribution is -0.140. The molecule has 0 spiro atoms. The van der Waals surface area contributed by atoms with Crippen molar-refractivity contribution < 1.29 is 14.0 Å². The molecule has 2 rings (SSSR count). The fraction of sp³-hybridized carbons (Fsp3) is 0.364. The van der Waals surface area contributed by atoms with Crippen LogP contribution in [0.4, 0.5) is 4.39 Å². The zero-order valence-electron chi connectivity index (χ0n) is 16.3. The van der Waals surface area contributed by atoms with Gasteiger partial charge in [0.05, 0.1) is 6.42 Å². The van der Waals surface area contributed by atoms with E-state index in [4.69, 9.17) is 11.6 Å². The number of benzene rings is 2. The minimum absolute atomic E-state index is 0.138. The van der Waals surface area contributed by atoms with Crippen molar-refractivity contribution in [2.75, 3.05) is 6.54 Å². The number of hydrogen-bond donors (Lipinski definition) is 1. The molecule has 0 unspecified atom stereocenters. The Morgan fingerprint density at radius 3 is 2.43 bits per heavy atom. The first-order valence-corrected chi connectivity index (χ1v) is 9.88. The lowest BCUT2D eigenvalue weighted by atomic mass is 10.1. The molecule has 0 radical (unpaired) electrons. The molecule has 150 valence electrons. The zero-order chi connectivity index (χ0) is 20.5. The average molecular weight is 405 g/mol. The number of nitrogens with one attached hydrogen (secondary N) is 1. The predicted octanol–water partition coefficient (Wildman–Crippen LogP) is 4.36. The maximum Gasteiger partial charge on any atom is 0.242 e. The first-order chi connectivity index (χ1) is 13.4. The Labute approximate surface area is 170 Å². The second-order valence-electron chi connectivity index (χ2n) is 6.67. The summed E-state index contributed by atoms with van der Waals surface area (Å²) in [5, 5.41) is 3.43. The van der Waals surface area contributed by atoms with Crippen molar-refractivity contribution in [1.29, 1.82) is 0 Å². The molecular weight excluding hydrogens is 379 g/mol. The molecule has 0 aromatic heterocycles. The Balaban J connectivity index is 2.26. The summed E-state index contributed by atoms with van der Waals surface area (Å²) in [6.45, 7) is 4.64. The van der Waals surface area contributed by atoms with Crippen molar-refractivity contribution in [1.82, 2.24) is 10.2 Å². The van der Waals surface area contributed by atoms with Crippen LogP contribution in [-0.4, -0.2) is 29.3 Å². The van der Waals surface area contributed by atoms with E-state index in [9.17, 15) is 14.0 Å². The Bertz CT molecular complexity index is 795. The van der Waals surface area contributed by atoms with E-state index in [1.165, 1.54) is 12.1 Å². The first kappa shape index (κ1) is 21.9. The summed E-state index contributed by atoms with van der Waals surface area (Å²) in [5.74, 6) is -0.690. The fourth-order valence-electron chi connectivity index (χ4n) is 3.00. The maximum atomic E-state index is 13.2. The molecule has 0 aliphatic heterocycles. The summed E-state index contributed by atoms with van der Waals surface area (Å²) >= 11 is 6.03. The highest BCUT2D eigenvalue weighted by Crippen LogP contribution is 2.17. The van der Waals surface area contributed by atoms with Gasteiger partial charge >= 0.3 is 0 Å². The number of carbonyl (C=O) groups is 2. The number of halogens is 2. The Morgan fingerprint density at radius 2 is 1.82 bits per heavy atom. The van der Waals surface area contributed by atoms with Crippen LogP contribution in [0.2, 0.25) is 5.02 Å². The monoisotopic (exact) mass is 404 g/mol. The standard InChI is InChI=1S/C22H26ClFN2O2/c1-3-12-25-22(28)20(4-2)26(15-16-8-10-19(24)11-9-16)21(27)14-17-6-5-7-18(23)13-17/h5-11,13,20H,3-4,12,14-15H2,1-2H3,(H,25,28)/t20-/m0/s1. The molecule has 0 aliphatic rings. The minimum Gasteiger partial charge on any atom is -0.354 e. The third-order valence-electron chi connectivity index (χ3n) is 4.45. The van der Waals surface area contributed by atoms with Crippen molar-refractivity contribution in [3.05, 3.63) is 70.5 Å². The molecule has 0 bridgehead atoms. The van der Waals surface area contributed by atoms with Gasteiger partial charge in [-0.2, -0.15) is 0 Å². The average Bonchev–Trinajstić information content (AvgIpc) is 2.67. The molecule has 2 aromatic carbocycles. The largest absolute Gasteiger partial charge is 0.354 e. The Hall–Kier alpha value is -2.40. The Morgan fingerprint density at radius 1 is 1.11 bits per heavy atom. The van der Waals surface area contributed by atoms with Gasteiger partial charge in [-0.3, -0.25) is 9.59 Å². The molecule has 0 saturated carbocycles. The summed E-state index contributed by atoms with van der Waals surface area (Å²) in [5.41, 5.74) is 1.55. The van der Waals surface area contributed by atoms with Gasteiger partial charge in [0, 0.05) is 18.1 Å². The molecule has 1 N–H and O–H groups in total. The first-order valence-electron chi connectivity index (χ1n) is 9.50. The van der Waals surface area contributed by atoms with Gasteiger partial charge in [-0.05, 0) is 48.2 Å². The van der Waals surface area contributed by atoms with Crippen molar-refractivity contribution in [2.45, 2.75) is 45.7 Å². The maximum absolute atomic E-state index is 13.2. The molecule has 2 amide bonds. The third-order valence-corrected chi connectivity index (χ3v) is 4.68. The molecule has 0 aliphatic carbocycles. The topological polar surface area (TPSA) is 49.4 Å². The van der Waals surface area contributed by atoms with Gasteiger partial charge in [0.15, 0.2) is 0 Å². The van der Waals surface area contributed by atoms with Crippen molar-refractivity contribution >= 4 is 23.4 Å². The molecule has 1 atom stereocenters. The minimum atomic E-state index is -0.594. The van der Waals surface area contributed by atoms with Crippen molar-refractivity contribution in [3.8, 4) is 0 Å². The van der Waals surface area contributed by atoms with E-state index in [2.05, 4.69) is 5.32 Å². The highest BCUT2D eigenvalue weighted by molar-refractivity contribution is 6.30. The molecule has 0 heterocycles. The van der Waals surface area contributed by atoms with E-state index in [0.29, 0.717) is 18.0 Å². The number of hydrogen-bond acceptors (Lipinski definition) is 2. The van der Waals surface area contributed by atoms with Gasteiger partial charge in [0.1, 0.15) is 11.9 Å². The second-order valence-corrected chi connectivity index (χ2v) is 7.11. The van der Waals surface area contributed by atoms with Crippen LogP contribution in [0.25, 0.3) is 0 Å². The van der Waals surface area contributed by atoms with E-state index in [0.717, 1.165) is 17.5 Å². The molecular formula is C22H26ClFN2O2. The zero-order valence-corrected chi connectivity index (χ0v) is 17.0. The summed E-state index contributed by atoms with van der Waals surface area (Å²) in [7, 11) is 0. The van der Waals surface area contributed by atoms with Crippen molar-refractivity contribution in [2.24, 2.45) is 0 Å². The van der Waals surface area contributed by atoms with Crippen LogP contribution in [-0.2, 0) is 22.6 Å². The number of nitrogens with zero attached hydrogens (tertiary/aromatic N) is 1. The van der Waals surface area contributed by atoms with Gasteiger partial charge in [-0.1, -0.05) is 49.7 Å². The normalized spacial score (nSPS) is 11.7. The van der Waals surface area contributed by atoms with E-state index < -0.39 is 6.04 Å². The van der Waals surface area contributed by atoms with Crippen molar-refractivity contribution in [3.63, 3.8) is 0 Å². The van der Waals surface area contributed by atoms with Crippen LogP contribution >= 0.6 is 11.6 Å². The summed E-state index contributed by atoms with van der Waals surface area (Å²) in [4.78, 5) is 27.3. The molecule has 0 saturated heterocycles. The highest BCUT2D eigenvalue weighted by Gasteiger charge is 2.28. The quantitative estimate of drug-likeness (QED) is 0.675. The number of rotatable bonds is 9. The SMILES string of the molecule is CCCNC(=O)[C@H](CC)N(Cc1ccc(F)cc1)C(=O)Cc1cccc(Cl)c1. The fourth-order valence-corrected chi connectivity index (χ4v) is 3.21. The van der Waals surface area contributed by atoms with Gasteiger partial charge in [-0.25, -0.2) is 4.39 Å². The van der Waals surface area contributed by atoms with E-state index in [1.807, 2.05) is 19.9 Å². The van der Waals surface area contributed by atoms with E-state index in [-0.39, 0.29) is 30.6 Å². The lowest BCUT2D eigenvalue weighted by Crippen LogP contribution is -2.49. The Kier molecular flexibility index (Phi) is 8.45. The summed E-state index contributed by atoms with van der Waals surface area (Å²) in [6.07, 6.45) is 1.44. The van der Waals surface area contributed by atoms with Crippen LogP contribution < -0.4 is 5.32 Å². The molecule has 0 fully saturated rings. The van der Waals surface area contributed by atoms with Crippen LogP contribution in [0.15, 0.2) is 48.5 Å². The summed E-state index contributed by atoms with van der Waals surface area (Å²) < 4.78 is 13.2. The van der Waals surface area contributed by atoms with E-state index >= 15 is 0 Å². The van der Waals surface area contributed by atoms with Crippen LogP contribution in [0.5, 0.6) is 0 Å². The molecule has 2 aromatic rings. The molecule has 4 nitrogen and oxygen atoms in total. The van der Waals surface area contributed by atoms with Crippen LogP contribution in [0, 0.1) is 5.82 Å². The van der Waals surface area contributed by atoms with Crippen LogP contribution in [0.3, 0.4) is 0 Å². The smallest absolute Gasteiger partial charge is 0.242 e. The van der Waals surface area contributed by atoms with Gasteiger partial charge < -0.3 is 10.2 Å². The lowest BCUT2D eigenvalue weighted by Gasteiger charge is -2.30. The van der Waals surface area contributed by atoms with Crippen LogP contribution in [0.1, 0.15) is 37.8 Å². The number of amides is 2. The van der Waals surface area contributed by atoms with Gasteiger partial charge in [-0.15, -0.1) is 0 Å². The van der Waals surface area contributed by atoms with Gasteiger partial charge in [0.25, 0.3) is 0 Å². The molecule has 28 heavy (non-hydrogen) atoms. The number of carbonyl (C=O) groups excluding carboxylic acids is 2. The predicted molar refractivity (Wildman–Crippen MR) is 109 cm³/mol. The van der Waals surface area contributed by atoms with E-state index in [1.54, 1.807) is 35.2 Å². The summed E-state index contributed by atoms with van der Waals surface area (Å²) in [6, 6.07) is 12.5. The third kappa shape index (κ3) is 6.34. The van der Waals surface area contributed by atoms with Gasteiger partial charge in [0.2, 0.25) is 11.8 Å². The highest BCUT2D eigenvalue weighted by atomic mass is 35.5.